The molecule has 7 heteroatoms. The predicted molar refractivity (Wildman–Crippen MR) is 83.1 cm³/mol. The highest BCUT2D eigenvalue weighted by Crippen LogP contribution is 2.23. The molecule has 0 spiro atoms. The molecule has 0 bridgehead atoms. The lowest BCUT2D eigenvalue weighted by Crippen LogP contribution is -2.23. The zero-order valence-corrected chi connectivity index (χ0v) is 12.8. The molecule has 1 amide bonds. The monoisotopic (exact) mass is 327 g/mol. The predicted octanol–water partition coefficient (Wildman–Crippen LogP) is 3.24. The van der Waals surface area contributed by atoms with Gasteiger partial charge in [-0.25, -0.2) is 9.37 Å². The molecule has 6 nitrogen and oxygen atoms in total. The normalized spacial score (nSPS) is 10.4. The topological polar surface area (TPSA) is 77.2 Å². The van der Waals surface area contributed by atoms with Crippen LogP contribution in [0.5, 0.6) is 11.6 Å². The summed E-state index contributed by atoms with van der Waals surface area (Å²) >= 11 is 0. The van der Waals surface area contributed by atoms with Crippen molar-refractivity contribution in [2.45, 2.75) is 13.5 Å². The number of ether oxygens (including phenoxy) is 1. The van der Waals surface area contributed by atoms with E-state index in [1.807, 2.05) is 0 Å². The number of rotatable bonds is 5. The highest BCUT2D eigenvalue weighted by molar-refractivity contribution is 5.92. The van der Waals surface area contributed by atoms with E-state index in [4.69, 9.17) is 9.26 Å². The van der Waals surface area contributed by atoms with Crippen LogP contribution >= 0.6 is 0 Å². The fourth-order valence-corrected chi connectivity index (χ4v) is 2.03. The molecular weight excluding hydrogens is 313 g/mol. The Morgan fingerprint density at radius 3 is 2.92 bits per heavy atom. The maximum absolute atomic E-state index is 13.2. The molecule has 0 saturated carbocycles. The molecule has 24 heavy (non-hydrogen) atoms. The number of hydrogen-bond donors (Lipinski definition) is 1. The summed E-state index contributed by atoms with van der Waals surface area (Å²) in [5.41, 5.74) is 0.847. The molecule has 0 radical (unpaired) electrons. The van der Waals surface area contributed by atoms with Crippen LogP contribution < -0.4 is 10.1 Å². The molecule has 0 fully saturated rings. The van der Waals surface area contributed by atoms with Gasteiger partial charge >= 0.3 is 0 Å². The van der Waals surface area contributed by atoms with Gasteiger partial charge in [0.05, 0.1) is 0 Å². The van der Waals surface area contributed by atoms with Crippen molar-refractivity contribution in [2.24, 2.45) is 0 Å². The first-order valence-electron chi connectivity index (χ1n) is 7.20. The number of carbonyl (C=O) groups is 1. The maximum atomic E-state index is 13.2. The molecule has 0 aliphatic carbocycles. The molecule has 0 saturated heterocycles. The van der Waals surface area contributed by atoms with Gasteiger partial charge in [-0.05, 0) is 25.1 Å². The third-order valence-corrected chi connectivity index (χ3v) is 3.16. The average molecular weight is 327 g/mol. The second-order valence-corrected chi connectivity index (χ2v) is 5.03. The highest BCUT2D eigenvalue weighted by Gasteiger charge is 2.12. The third-order valence-electron chi connectivity index (χ3n) is 3.16. The lowest BCUT2D eigenvalue weighted by atomic mass is 10.2. The molecule has 0 atom stereocenters. The van der Waals surface area contributed by atoms with Gasteiger partial charge in [0.1, 0.15) is 17.3 Å². The molecule has 122 valence electrons. The number of hydrogen-bond acceptors (Lipinski definition) is 5. The number of halogens is 1. The van der Waals surface area contributed by atoms with E-state index < -0.39 is 5.82 Å². The largest absolute Gasteiger partial charge is 0.439 e. The van der Waals surface area contributed by atoms with Gasteiger partial charge in [-0.2, -0.15) is 0 Å². The zero-order chi connectivity index (χ0) is 16.9. The first-order chi connectivity index (χ1) is 11.6. The Morgan fingerprint density at radius 2 is 2.17 bits per heavy atom. The van der Waals surface area contributed by atoms with Gasteiger partial charge in [-0.3, -0.25) is 4.79 Å². The summed E-state index contributed by atoms with van der Waals surface area (Å²) in [7, 11) is 0. The summed E-state index contributed by atoms with van der Waals surface area (Å²) in [5.74, 6) is 0.400. The molecule has 2 heterocycles. The lowest BCUT2D eigenvalue weighted by Gasteiger charge is -2.10. The van der Waals surface area contributed by atoms with Crippen LogP contribution in [0.2, 0.25) is 0 Å². The minimum absolute atomic E-state index is 0.184. The van der Waals surface area contributed by atoms with Gasteiger partial charge in [-0.15, -0.1) is 0 Å². The van der Waals surface area contributed by atoms with Gasteiger partial charge in [0.25, 0.3) is 5.91 Å². The van der Waals surface area contributed by atoms with Crippen LogP contribution in [0.1, 0.15) is 21.8 Å². The van der Waals surface area contributed by atoms with E-state index in [1.54, 1.807) is 43.5 Å². The van der Waals surface area contributed by atoms with Crippen LogP contribution in [0.4, 0.5) is 4.39 Å². The van der Waals surface area contributed by atoms with Gasteiger partial charge in [-0.1, -0.05) is 17.3 Å². The maximum Gasteiger partial charge on any atom is 0.273 e. The molecule has 3 aromatic rings. The van der Waals surface area contributed by atoms with E-state index in [-0.39, 0.29) is 18.1 Å². The van der Waals surface area contributed by atoms with Crippen molar-refractivity contribution in [3.8, 4) is 11.6 Å². The van der Waals surface area contributed by atoms with E-state index >= 15 is 0 Å². The highest BCUT2D eigenvalue weighted by atomic mass is 19.1. The molecule has 3 rings (SSSR count). The summed E-state index contributed by atoms with van der Waals surface area (Å²) in [4.78, 5) is 16.1. The number of benzene rings is 1. The average Bonchev–Trinajstić information content (AvgIpc) is 3.00. The number of carbonyl (C=O) groups excluding carboxylic acids is 1. The molecule has 0 unspecified atom stereocenters. The second kappa shape index (κ2) is 6.91. The summed E-state index contributed by atoms with van der Waals surface area (Å²) < 4.78 is 23.7. The Balaban J connectivity index is 1.71. The first kappa shape index (κ1) is 15.7. The van der Waals surface area contributed by atoms with E-state index in [0.717, 1.165) is 0 Å². The Bertz CT molecular complexity index is 864. The smallest absolute Gasteiger partial charge is 0.273 e. The van der Waals surface area contributed by atoms with Gasteiger partial charge in [0, 0.05) is 30.4 Å². The quantitative estimate of drug-likeness (QED) is 0.778. The summed E-state index contributed by atoms with van der Waals surface area (Å²) in [6, 6.07) is 10.8. The number of nitrogens with one attached hydrogen (secondary N) is 1. The van der Waals surface area contributed by atoms with Crippen LogP contribution in [0.15, 0.2) is 53.2 Å². The first-order valence-corrected chi connectivity index (χ1v) is 7.20. The number of nitrogens with zero attached hydrogens (tertiary/aromatic N) is 2. The van der Waals surface area contributed by atoms with Crippen molar-refractivity contribution in [1.29, 1.82) is 0 Å². The van der Waals surface area contributed by atoms with Crippen molar-refractivity contribution in [3.05, 3.63) is 71.5 Å². The van der Waals surface area contributed by atoms with Crippen LogP contribution in [-0.2, 0) is 6.54 Å². The van der Waals surface area contributed by atoms with E-state index in [9.17, 15) is 9.18 Å². The molecule has 0 aliphatic heterocycles. The standard InChI is InChI=1S/C17H14FN3O3/c1-11-8-15(21-24-11)16(22)20-10-12-4-3-7-19-17(12)23-14-6-2-5-13(18)9-14/h2-9H,10H2,1H3,(H,20,22). The fourth-order valence-electron chi connectivity index (χ4n) is 2.03. The van der Waals surface area contributed by atoms with E-state index in [0.29, 0.717) is 23.0 Å². The number of amides is 1. The lowest BCUT2D eigenvalue weighted by molar-refractivity contribution is 0.0941. The van der Waals surface area contributed by atoms with Crippen LogP contribution in [0.25, 0.3) is 0 Å². The molecule has 0 aliphatic rings. The summed E-state index contributed by atoms with van der Waals surface area (Å²) in [6.07, 6.45) is 1.56. The SMILES string of the molecule is Cc1cc(C(=O)NCc2cccnc2Oc2cccc(F)c2)no1. The molecular formula is C17H14FN3O3. The van der Waals surface area contributed by atoms with Gasteiger partial charge in [0.2, 0.25) is 5.88 Å². The Kier molecular flexibility index (Phi) is 4.51. The summed E-state index contributed by atoms with van der Waals surface area (Å²) in [6.45, 7) is 1.89. The molecule has 1 aromatic carbocycles. The van der Waals surface area contributed by atoms with E-state index in [2.05, 4.69) is 15.5 Å². The van der Waals surface area contributed by atoms with E-state index in [1.165, 1.54) is 12.1 Å². The summed E-state index contributed by atoms with van der Waals surface area (Å²) in [5, 5.41) is 6.36. The number of pyridine rings is 1. The van der Waals surface area contributed by atoms with Crippen molar-refractivity contribution in [1.82, 2.24) is 15.5 Å². The van der Waals surface area contributed by atoms with Crippen molar-refractivity contribution in [3.63, 3.8) is 0 Å². The third kappa shape index (κ3) is 3.75. The number of aryl methyl sites for hydroxylation is 1. The van der Waals surface area contributed by atoms with Gasteiger partial charge in [0.15, 0.2) is 5.69 Å². The minimum atomic E-state index is -0.403. The zero-order valence-electron chi connectivity index (χ0n) is 12.8. The number of aromatic nitrogens is 2. The Labute approximate surface area is 137 Å². The van der Waals surface area contributed by atoms with Crippen molar-refractivity contribution in [2.75, 3.05) is 0 Å². The Hall–Kier alpha value is -3.22. The van der Waals surface area contributed by atoms with Crippen molar-refractivity contribution >= 4 is 5.91 Å². The van der Waals surface area contributed by atoms with Gasteiger partial charge < -0.3 is 14.6 Å². The fraction of sp³-hybridized carbons (Fsp3) is 0.118. The van der Waals surface area contributed by atoms with Crippen molar-refractivity contribution < 1.29 is 18.4 Å². The van der Waals surface area contributed by atoms with Crippen LogP contribution in [0, 0.1) is 12.7 Å². The van der Waals surface area contributed by atoms with Crippen LogP contribution in [0.3, 0.4) is 0 Å². The minimum Gasteiger partial charge on any atom is -0.439 e. The Morgan fingerprint density at radius 1 is 1.29 bits per heavy atom. The molecule has 1 N–H and O–H groups in total. The van der Waals surface area contributed by atoms with Crippen LogP contribution in [-0.4, -0.2) is 16.0 Å². The second-order valence-electron chi connectivity index (χ2n) is 5.03. The molecule has 2 aromatic heterocycles.